The number of nitrogens with zero attached hydrogens (tertiary/aromatic N) is 8. The summed E-state index contributed by atoms with van der Waals surface area (Å²) in [5, 5.41) is 25.1. The molecule has 7 aromatic rings. The first-order valence-corrected chi connectivity index (χ1v) is 40.4. The number of anilines is 3. The Bertz CT molecular complexity index is 4520. The molecule has 108 heavy (non-hydrogen) atoms. The lowest BCUT2D eigenvalue weighted by Crippen LogP contribution is -2.40. The van der Waals surface area contributed by atoms with Gasteiger partial charge in [-0.1, -0.05) is 97.5 Å². The first-order valence-electron chi connectivity index (χ1n) is 36.3. The third-order valence-corrected chi connectivity index (χ3v) is 21.7. The lowest BCUT2D eigenvalue weighted by atomic mass is 9.82. The second kappa shape index (κ2) is 39.3. The molecule has 2 aliphatic rings. The predicted octanol–water partition coefficient (Wildman–Crippen LogP) is 19.3. The number of amides is 2. The number of aromatic nitrogens is 6. The first-order chi connectivity index (χ1) is 50.6. The zero-order valence-electron chi connectivity index (χ0n) is 66.6. The van der Waals surface area contributed by atoms with E-state index in [0.29, 0.717) is 108 Å². The fourth-order valence-electron chi connectivity index (χ4n) is 10.8. The van der Waals surface area contributed by atoms with Crippen molar-refractivity contribution in [2.75, 3.05) is 36.4 Å². The highest BCUT2D eigenvalue weighted by Crippen LogP contribution is 2.42. The van der Waals surface area contributed by atoms with Crippen LogP contribution >= 0.6 is 61.3 Å². The van der Waals surface area contributed by atoms with Gasteiger partial charge in [0.15, 0.2) is 17.5 Å². The number of carbonyl (C=O) groups is 6. The van der Waals surface area contributed by atoms with Gasteiger partial charge < -0.3 is 38.2 Å². The number of hydrogen-bond donors (Lipinski definition) is 2. The molecular weight excluding hydrogens is 1520 g/mol. The van der Waals surface area contributed by atoms with E-state index in [1.165, 1.54) is 55.3 Å². The van der Waals surface area contributed by atoms with E-state index in [4.69, 9.17) is 23.0 Å². The molecule has 9 rings (SSSR count). The van der Waals surface area contributed by atoms with E-state index < -0.39 is 30.0 Å². The Morgan fingerprint density at radius 3 is 1.18 bits per heavy atom. The van der Waals surface area contributed by atoms with Crippen molar-refractivity contribution < 1.29 is 61.7 Å². The number of ether oxygens (including phenoxy) is 3. The van der Waals surface area contributed by atoms with E-state index >= 15 is 0 Å². The van der Waals surface area contributed by atoms with Crippen molar-refractivity contribution in [2.45, 2.75) is 227 Å². The molecule has 7 heterocycles. The van der Waals surface area contributed by atoms with Gasteiger partial charge in [0, 0.05) is 57.2 Å². The maximum atomic E-state index is 13.9. The van der Waals surface area contributed by atoms with Gasteiger partial charge in [0.25, 0.3) is 0 Å². The van der Waals surface area contributed by atoms with E-state index in [1.807, 2.05) is 136 Å². The van der Waals surface area contributed by atoms with Crippen LogP contribution in [0.3, 0.4) is 0 Å². The first kappa shape index (κ1) is 88.5. The van der Waals surface area contributed by atoms with Gasteiger partial charge in [-0.15, -0.1) is 45.3 Å². The second-order valence-electron chi connectivity index (χ2n) is 30.8. The molecule has 27 heteroatoms. The number of nitrogens with one attached hydrogen (secondary N) is 1. The number of carboxylic acids is 1. The van der Waals surface area contributed by atoms with E-state index in [1.54, 1.807) is 22.8 Å². The fourth-order valence-corrected chi connectivity index (χ4v) is 15.1. The molecule has 0 bridgehead atoms. The molecule has 2 fully saturated rings. The van der Waals surface area contributed by atoms with Crippen molar-refractivity contribution in [3.8, 4) is 47.4 Å². The lowest BCUT2D eigenvalue weighted by molar-refractivity contribution is -0.124. The standard InChI is InChI=1S/C26H35N3O4S.C25H33N3O4S.C18H23N3O3S.C12H13BrO2S/c1-8-21-27-23(33-28-21)17(3)29(24(30)18-11-9-16(2)10-12-18)20-15-19(13-14-26(4,5)6)34-22(20)25(31)32-7;1-7-20-26-22(32-27-20)16(3)28(23(29)17-10-8-15(2)9-11-17)19-14-18(12-13-25(4,5)6)33-21(19)24(30)31;1-7-14-20-16(24-21-14)11(2)19-13-10-12(8-9-18(3,4)5)25-15(13)17(22)23-6;1-12(2,3)6-5-8-7-9(13)10(16-8)11(14)15-4/h15-18H,8-12H2,1-7H3;14-17H,7-11H2,1-6H3,(H,30,31);10-11,19H,7H2,1-6H3;7H,1-4H3. The van der Waals surface area contributed by atoms with Crippen LogP contribution in [0.2, 0.25) is 0 Å². The van der Waals surface area contributed by atoms with Crippen LogP contribution in [0.25, 0.3) is 0 Å². The molecule has 3 unspecified atom stereocenters. The van der Waals surface area contributed by atoms with Crippen molar-refractivity contribution in [3.05, 3.63) is 103 Å². The maximum Gasteiger partial charge on any atom is 0.350 e. The van der Waals surface area contributed by atoms with Crippen LogP contribution < -0.4 is 15.1 Å². The summed E-state index contributed by atoms with van der Waals surface area (Å²) in [5.41, 5.74) is 0.908. The maximum absolute atomic E-state index is 13.9. The molecule has 0 aliphatic heterocycles. The summed E-state index contributed by atoms with van der Waals surface area (Å²) >= 11 is 8.29. The summed E-state index contributed by atoms with van der Waals surface area (Å²) in [5.74, 6) is 26.5. The zero-order valence-corrected chi connectivity index (χ0v) is 71.4. The molecule has 582 valence electrons. The van der Waals surface area contributed by atoms with Crippen LogP contribution in [-0.4, -0.2) is 92.5 Å². The van der Waals surface area contributed by atoms with Crippen molar-refractivity contribution in [1.82, 2.24) is 30.4 Å². The van der Waals surface area contributed by atoms with Crippen LogP contribution in [0, 0.1) is 92.7 Å². The number of halogens is 1. The molecule has 2 aliphatic carbocycles. The molecule has 0 spiro atoms. The number of carbonyl (C=O) groups excluding carboxylic acids is 5. The third-order valence-electron chi connectivity index (χ3n) is 16.7. The van der Waals surface area contributed by atoms with Crippen LogP contribution in [0.5, 0.6) is 0 Å². The monoisotopic (exact) mass is 1620 g/mol. The molecule has 0 radical (unpaired) electrons. The number of thiophene rings is 4. The fraction of sp³-hybridized carbons (Fsp3) is 0.556. The number of carboxylic acid groups (broad SMARTS) is 1. The molecule has 0 aromatic carbocycles. The van der Waals surface area contributed by atoms with Gasteiger partial charge in [-0.25, -0.2) is 19.2 Å². The predicted molar refractivity (Wildman–Crippen MR) is 428 cm³/mol. The van der Waals surface area contributed by atoms with E-state index in [-0.39, 0.29) is 62.2 Å². The number of aromatic carboxylic acids is 1. The smallest absolute Gasteiger partial charge is 0.350 e. The highest BCUT2D eigenvalue weighted by Gasteiger charge is 2.39. The van der Waals surface area contributed by atoms with Gasteiger partial charge in [-0.3, -0.25) is 19.4 Å². The van der Waals surface area contributed by atoms with Gasteiger partial charge >= 0.3 is 23.9 Å². The van der Waals surface area contributed by atoms with Crippen molar-refractivity contribution in [3.63, 3.8) is 0 Å². The number of methoxy groups -OCH3 is 3. The summed E-state index contributed by atoms with van der Waals surface area (Å²) in [6.07, 6.45) is 9.14. The summed E-state index contributed by atoms with van der Waals surface area (Å²) in [6.45, 7) is 40.1. The Morgan fingerprint density at radius 1 is 0.500 bits per heavy atom. The number of rotatable bonds is 18. The Balaban J connectivity index is 0.000000233. The van der Waals surface area contributed by atoms with Crippen LogP contribution in [-0.2, 0) is 43.1 Å². The van der Waals surface area contributed by atoms with Crippen molar-refractivity contribution in [1.29, 1.82) is 0 Å². The minimum atomic E-state index is -1.08. The molecule has 2 amide bonds. The SMILES string of the molecule is CCc1noc(C(C)N(C(=O)C2CCC(C)CC2)c2cc(C#CC(C)(C)C)sc2C(=O)O)n1.CCc1noc(C(C)N(C(=O)C2CCC(C)CC2)c2cc(C#CC(C)(C)C)sc2C(=O)OC)n1.CCc1noc(C(C)Nc2cc(C#CC(C)(C)C)sc2C(=O)OC)n1.COC(=O)c1sc(C#CC(C)(C)C)cc1Br. The molecule has 2 N–H and O–H groups in total. The largest absolute Gasteiger partial charge is 0.477 e. The van der Waals surface area contributed by atoms with Crippen LogP contribution in [0.15, 0.2) is 42.3 Å². The molecule has 3 atom stereocenters. The summed E-state index contributed by atoms with van der Waals surface area (Å²) in [4.78, 5) is 96.9. The topological polar surface area (TPSA) is 286 Å². The number of hydrogen-bond acceptors (Lipinski definition) is 23. The van der Waals surface area contributed by atoms with Crippen LogP contribution in [0.1, 0.15) is 301 Å². The lowest BCUT2D eigenvalue weighted by Gasteiger charge is -2.33. The molecule has 2 saturated carbocycles. The Morgan fingerprint density at radius 2 is 0.815 bits per heavy atom. The highest BCUT2D eigenvalue weighted by molar-refractivity contribution is 9.10. The Hall–Kier alpha value is -8.44. The zero-order chi connectivity index (χ0) is 80.3. The summed E-state index contributed by atoms with van der Waals surface area (Å²) in [6, 6.07) is 5.84. The number of aryl methyl sites for hydroxylation is 3. The van der Waals surface area contributed by atoms with Gasteiger partial charge in [0.05, 0.1) is 57.9 Å². The minimum absolute atomic E-state index is 0.0334. The van der Waals surface area contributed by atoms with Gasteiger partial charge in [0.1, 0.15) is 37.6 Å². The van der Waals surface area contributed by atoms with E-state index in [2.05, 4.69) is 118 Å². The normalized spacial score (nSPS) is 16.4. The van der Waals surface area contributed by atoms with Gasteiger partial charge in [-0.05, 0) is 207 Å². The molecule has 7 aromatic heterocycles. The Labute approximate surface area is 660 Å². The van der Waals surface area contributed by atoms with Crippen LogP contribution in [0.4, 0.5) is 17.1 Å². The minimum Gasteiger partial charge on any atom is -0.477 e. The van der Waals surface area contributed by atoms with E-state index in [0.717, 1.165) is 76.9 Å². The van der Waals surface area contributed by atoms with Crippen molar-refractivity contribution in [2.24, 2.45) is 45.3 Å². The van der Waals surface area contributed by atoms with Crippen molar-refractivity contribution >= 4 is 114 Å². The average Bonchev–Trinajstić information content (AvgIpc) is 1.59. The number of esters is 3. The summed E-state index contributed by atoms with van der Waals surface area (Å²) in [7, 11) is 4.08. The van der Waals surface area contributed by atoms with Gasteiger partial charge in [0.2, 0.25) is 29.5 Å². The molecule has 0 saturated heterocycles. The quantitative estimate of drug-likeness (QED) is 0.0458. The highest BCUT2D eigenvalue weighted by atomic mass is 79.9. The molecular formula is C81H104BrN9O13S4. The summed E-state index contributed by atoms with van der Waals surface area (Å²) < 4.78 is 31.6. The Kier molecular flexibility index (Phi) is 32.2. The third kappa shape index (κ3) is 26.1. The van der Waals surface area contributed by atoms with Gasteiger partial charge in [-0.2, -0.15) is 15.0 Å². The van der Waals surface area contributed by atoms with E-state index in [9.17, 15) is 33.9 Å². The second-order valence-corrected chi connectivity index (χ2v) is 35.9. The molecule has 22 nitrogen and oxygen atoms in total. The average molecular weight is 1620 g/mol.